The first kappa shape index (κ1) is 11.5. The lowest BCUT2D eigenvalue weighted by molar-refractivity contribution is -0.144. The first-order valence-corrected chi connectivity index (χ1v) is 4.27. The molecule has 0 aromatic carbocycles. The van der Waals surface area contributed by atoms with Gasteiger partial charge in [0.1, 0.15) is 11.6 Å². The summed E-state index contributed by atoms with van der Waals surface area (Å²) >= 11 is 0. The zero-order chi connectivity index (χ0) is 11.6. The van der Waals surface area contributed by atoms with Gasteiger partial charge in [-0.05, 0) is 6.92 Å². The normalized spacial score (nSPS) is 11.5. The molecule has 84 valence electrons. The minimum atomic E-state index is -4.57. The molecule has 0 fully saturated rings. The lowest BCUT2D eigenvalue weighted by Gasteiger charge is -2.17. The van der Waals surface area contributed by atoms with E-state index in [1.165, 1.54) is 6.07 Å². The van der Waals surface area contributed by atoms with Crippen LogP contribution in [0, 0.1) is 0 Å². The summed E-state index contributed by atoms with van der Waals surface area (Å²) in [5.41, 5.74) is 5.27. The van der Waals surface area contributed by atoms with Crippen LogP contribution in [0.1, 0.15) is 12.7 Å². The number of hydrogen-bond acceptors (Lipinski definition) is 4. The lowest BCUT2D eigenvalue weighted by Crippen LogP contribution is -2.21. The van der Waals surface area contributed by atoms with E-state index in [2.05, 4.69) is 9.97 Å². The lowest BCUT2D eigenvalue weighted by atomic mass is 10.4. The summed E-state index contributed by atoms with van der Waals surface area (Å²) in [6, 6.07) is 1.30. The highest BCUT2D eigenvalue weighted by atomic mass is 19.4. The number of halogens is 3. The van der Waals surface area contributed by atoms with Gasteiger partial charge in [0.25, 0.3) is 0 Å². The molecule has 0 atom stereocenters. The molecular formula is C8H11F3N4. The predicted molar refractivity (Wildman–Crippen MR) is 50.4 cm³/mol. The van der Waals surface area contributed by atoms with E-state index in [0.717, 1.165) is 0 Å². The van der Waals surface area contributed by atoms with Gasteiger partial charge in [0.2, 0.25) is 5.82 Å². The number of nitrogen functional groups attached to an aromatic ring is 1. The van der Waals surface area contributed by atoms with Gasteiger partial charge in [0.15, 0.2) is 0 Å². The van der Waals surface area contributed by atoms with Gasteiger partial charge in [-0.3, -0.25) is 0 Å². The maximum atomic E-state index is 12.3. The summed E-state index contributed by atoms with van der Waals surface area (Å²) in [6.45, 7) is 2.33. The summed E-state index contributed by atoms with van der Waals surface area (Å²) in [4.78, 5) is 8.07. The van der Waals surface area contributed by atoms with Crippen molar-refractivity contribution < 1.29 is 13.2 Å². The molecule has 0 saturated carbocycles. The minimum absolute atomic E-state index is 0.164. The molecule has 4 nitrogen and oxygen atoms in total. The van der Waals surface area contributed by atoms with Crippen molar-refractivity contribution in [2.24, 2.45) is 0 Å². The maximum absolute atomic E-state index is 12.3. The molecule has 1 heterocycles. The molecule has 15 heavy (non-hydrogen) atoms. The van der Waals surface area contributed by atoms with Crippen molar-refractivity contribution in [3.05, 3.63) is 11.9 Å². The Morgan fingerprint density at radius 3 is 2.47 bits per heavy atom. The molecule has 7 heteroatoms. The second kappa shape index (κ2) is 3.92. The van der Waals surface area contributed by atoms with Gasteiger partial charge in [-0.1, -0.05) is 0 Å². The molecule has 0 spiro atoms. The monoisotopic (exact) mass is 220 g/mol. The van der Waals surface area contributed by atoms with Crippen LogP contribution in [-0.2, 0) is 6.18 Å². The smallest absolute Gasteiger partial charge is 0.384 e. The Labute approximate surface area is 84.9 Å². The Balaban J connectivity index is 3.17. The molecule has 0 aliphatic carbocycles. The molecular weight excluding hydrogens is 209 g/mol. The van der Waals surface area contributed by atoms with E-state index >= 15 is 0 Å². The van der Waals surface area contributed by atoms with Crippen molar-refractivity contribution in [2.75, 3.05) is 24.2 Å². The summed E-state index contributed by atoms with van der Waals surface area (Å²) in [7, 11) is 1.63. The number of alkyl halides is 3. The van der Waals surface area contributed by atoms with Crippen LogP contribution < -0.4 is 10.6 Å². The third kappa shape index (κ3) is 2.71. The Morgan fingerprint density at radius 2 is 2.00 bits per heavy atom. The van der Waals surface area contributed by atoms with E-state index in [-0.39, 0.29) is 11.6 Å². The second-order valence-electron chi connectivity index (χ2n) is 2.99. The van der Waals surface area contributed by atoms with Crippen molar-refractivity contribution in [3.8, 4) is 0 Å². The van der Waals surface area contributed by atoms with Crippen LogP contribution in [-0.4, -0.2) is 23.6 Å². The summed E-state index contributed by atoms with van der Waals surface area (Å²) in [6.07, 6.45) is -4.57. The Hall–Kier alpha value is -1.53. The SMILES string of the molecule is CCN(C)c1cc(N)nc(C(F)(F)F)n1. The highest BCUT2D eigenvalue weighted by Crippen LogP contribution is 2.28. The van der Waals surface area contributed by atoms with Gasteiger partial charge in [0, 0.05) is 19.7 Å². The van der Waals surface area contributed by atoms with Gasteiger partial charge in [0.05, 0.1) is 0 Å². The third-order valence-electron chi connectivity index (χ3n) is 1.85. The van der Waals surface area contributed by atoms with Gasteiger partial charge >= 0.3 is 6.18 Å². The fraction of sp³-hybridized carbons (Fsp3) is 0.500. The molecule has 0 amide bonds. The molecule has 0 unspecified atom stereocenters. The summed E-state index contributed by atoms with van der Waals surface area (Å²) < 4.78 is 36.9. The average Bonchev–Trinajstić information content (AvgIpc) is 2.14. The number of nitrogens with two attached hydrogens (primary N) is 1. The standard InChI is InChI=1S/C8H11F3N4/c1-3-15(2)6-4-5(12)13-7(14-6)8(9,10)11/h4H,3H2,1-2H3,(H2,12,13,14). The molecule has 0 bridgehead atoms. The Kier molecular flexibility index (Phi) is 3.01. The number of hydrogen-bond donors (Lipinski definition) is 1. The van der Waals surface area contributed by atoms with E-state index in [4.69, 9.17) is 5.73 Å². The second-order valence-corrected chi connectivity index (χ2v) is 2.99. The molecule has 2 N–H and O–H groups in total. The fourth-order valence-corrected chi connectivity index (χ4v) is 0.937. The molecule has 0 aliphatic heterocycles. The maximum Gasteiger partial charge on any atom is 0.451 e. The summed E-state index contributed by atoms with van der Waals surface area (Å²) in [5, 5.41) is 0. The number of rotatable bonds is 2. The van der Waals surface area contributed by atoms with Crippen molar-refractivity contribution >= 4 is 11.6 Å². The van der Waals surface area contributed by atoms with E-state index in [0.29, 0.717) is 6.54 Å². The van der Waals surface area contributed by atoms with Crippen LogP contribution >= 0.6 is 0 Å². The number of aromatic nitrogens is 2. The molecule has 1 aromatic heterocycles. The zero-order valence-corrected chi connectivity index (χ0v) is 8.34. The fourth-order valence-electron chi connectivity index (χ4n) is 0.937. The highest BCUT2D eigenvalue weighted by Gasteiger charge is 2.35. The molecule has 0 aliphatic rings. The molecule has 1 rings (SSSR count). The van der Waals surface area contributed by atoms with Crippen LogP contribution in [0.25, 0.3) is 0 Å². The average molecular weight is 220 g/mol. The van der Waals surface area contributed by atoms with Crippen LogP contribution in [0.2, 0.25) is 0 Å². The topological polar surface area (TPSA) is 55.0 Å². The minimum Gasteiger partial charge on any atom is -0.384 e. The quantitative estimate of drug-likeness (QED) is 0.821. The predicted octanol–water partition coefficient (Wildman–Crippen LogP) is 1.53. The molecule has 1 aromatic rings. The van der Waals surface area contributed by atoms with E-state index < -0.39 is 12.0 Å². The number of nitrogens with zero attached hydrogens (tertiary/aromatic N) is 3. The van der Waals surface area contributed by atoms with Crippen LogP contribution in [0.15, 0.2) is 6.07 Å². The van der Waals surface area contributed by atoms with Crippen LogP contribution in [0.5, 0.6) is 0 Å². The van der Waals surface area contributed by atoms with Crippen molar-refractivity contribution in [1.29, 1.82) is 0 Å². The van der Waals surface area contributed by atoms with E-state index in [9.17, 15) is 13.2 Å². The van der Waals surface area contributed by atoms with Crippen molar-refractivity contribution in [2.45, 2.75) is 13.1 Å². The van der Waals surface area contributed by atoms with Gasteiger partial charge < -0.3 is 10.6 Å². The first-order chi connectivity index (χ1) is 6.84. The summed E-state index contributed by atoms with van der Waals surface area (Å²) in [5.74, 6) is -1.23. The van der Waals surface area contributed by atoms with E-state index in [1.807, 2.05) is 0 Å². The van der Waals surface area contributed by atoms with Gasteiger partial charge in [-0.2, -0.15) is 13.2 Å². The first-order valence-electron chi connectivity index (χ1n) is 4.27. The van der Waals surface area contributed by atoms with Crippen molar-refractivity contribution in [3.63, 3.8) is 0 Å². The molecule has 0 saturated heterocycles. The zero-order valence-electron chi connectivity index (χ0n) is 8.34. The highest BCUT2D eigenvalue weighted by molar-refractivity contribution is 5.46. The van der Waals surface area contributed by atoms with E-state index in [1.54, 1.807) is 18.9 Å². The van der Waals surface area contributed by atoms with Crippen molar-refractivity contribution in [1.82, 2.24) is 9.97 Å². The third-order valence-corrected chi connectivity index (χ3v) is 1.85. The number of anilines is 2. The van der Waals surface area contributed by atoms with Crippen LogP contribution in [0.3, 0.4) is 0 Å². The Morgan fingerprint density at radius 1 is 1.40 bits per heavy atom. The molecule has 0 radical (unpaired) electrons. The Bertz CT molecular complexity index is 350. The largest absolute Gasteiger partial charge is 0.451 e. The van der Waals surface area contributed by atoms with Gasteiger partial charge in [-0.15, -0.1) is 0 Å². The van der Waals surface area contributed by atoms with Gasteiger partial charge in [-0.25, -0.2) is 9.97 Å². The van der Waals surface area contributed by atoms with Crippen LogP contribution in [0.4, 0.5) is 24.8 Å².